The lowest BCUT2D eigenvalue weighted by atomic mass is 10.1. The summed E-state index contributed by atoms with van der Waals surface area (Å²) in [5.41, 5.74) is 1.26. The summed E-state index contributed by atoms with van der Waals surface area (Å²) in [6.45, 7) is 0. The standard InChI is InChI=1S/C23H22N2O5S/c1-30-20-12-10-18(11-13-20)25-31(28,29)21-9-5-8-19(16-21)24-23(27)15-14-22(26)17-6-3-2-4-7-17/h2-13,16,25H,14-15H2,1H3,(H,24,27). The number of rotatable bonds is 9. The zero-order chi connectivity index (χ0) is 22.3. The van der Waals surface area contributed by atoms with Crippen molar-refractivity contribution in [1.29, 1.82) is 0 Å². The summed E-state index contributed by atoms with van der Waals surface area (Å²) in [5.74, 6) is 0.108. The Hall–Kier alpha value is -3.65. The summed E-state index contributed by atoms with van der Waals surface area (Å²) >= 11 is 0. The maximum atomic E-state index is 12.7. The molecule has 0 aliphatic carbocycles. The van der Waals surface area contributed by atoms with Crippen molar-refractivity contribution in [2.75, 3.05) is 17.1 Å². The third-order valence-electron chi connectivity index (χ3n) is 4.45. The molecule has 0 atom stereocenters. The number of ether oxygens (including phenoxy) is 1. The molecule has 0 fully saturated rings. The lowest BCUT2D eigenvalue weighted by Gasteiger charge is -2.11. The van der Waals surface area contributed by atoms with E-state index in [1.54, 1.807) is 54.6 Å². The van der Waals surface area contributed by atoms with Crippen LogP contribution in [0.1, 0.15) is 23.2 Å². The van der Waals surface area contributed by atoms with Gasteiger partial charge < -0.3 is 10.1 Å². The van der Waals surface area contributed by atoms with E-state index in [1.807, 2.05) is 6.07 Å². The number of sulfonamides is 1. The molecule has 0 bridgehead atoms. The molecule has 0 aliphatic heterocycles. The zero-order valence-corrected chi connectivity index (χ0v) is 17.7. The van der Waals surface area contributed by atoms with E-state index >= 15 is 0 Å². The minimum atomic E-state index is -3.85. The van der Waals surface area contributed by atoms with Crippen molar-refractivity contribution in [3.63, 3.8) is 0 Å². The highest BCUT2D eigenvalue weighted by Crippen LogP contribution is 2.21. The summed E-state index contributed by atoms with van der Waals surface area (Å²) in [4.78, 5) is 24.3. The Labute approximate surface area is 181 Å². The molecule has 3 aromatic rings. The van der Waals surface area contributed by atoms with Crippen LogP contribution in [-0.4, -0.2) is 27.2 Å². The molecular weight excluding hydrogens is 416 g/mol. The topological polar surface area (TPSA) is 102 Å². The second-order valence-electron chi connectivity index (χ2n) is 6.70. The number of hydrogen-bond donors (Lipinski definition) is 2. The number of methoxy groups -OCH3 is 1. The van der Waals surface area contributed by atoms with Crippen LogP contribution in [0.5, 0.6) is 5.75 Å². The van der Waals surface area contributed by atoms with Gasteiger partial charge in [0, 0.05) is 29.8 Å². The molecule has 0 aromatic heterocycles. The van der Waals surface area contributed by atoms with Gasteiger partial charge in [-0.2, -0.15) is 0 Å². The van der Waals surface area contributed by atoms with E-state index in [2.05, 4.69) is 10.0 Å². The van der Waals surface area contributed by atoms with Crippen LogP contribution in [0.3, 0.4) is 0 Å². The first-order valence-corrected chi connectivity index (χ1v) is 11.0. The first kappa shape index (κ1) is 22.0. The van der Waals surface area contributed by atoms with Gasteiger partial charge in [0.15, 0.2) is 5.78 Å². The quantitative estimate of drug-likeness (QED) is 0.490. The molecule has 0 spiro atoms. The third kappa shape index (κ3) is 6.16. The third-order valence-corrected chi connectivity index (χ3v) is 5.82. The molecule has 3 aromatic carbocycles. The molecule has 0 saturated heterocycles. The molecule has 7 nitrogen and oxygen atoms in total. The molecule has 0 aliphatic rings. The first-order valence-electron chi connectivity index (χ1n) is 9.52. The van der Waals surface area contributed by atoms with Gasteiger partial charge in [0.1, 0.15) is 5.75 Å². The van der Waals surface area contributed by atoms with E-state index < -0.39 is 10.0 Å². The maximum Gasteiger partial charge on any atom is 0.261 e. The summed E-state index contributed by atoms with van der Waals surface area (Å²) in [6.07, 6.45) is 0.0572. The minimum Gasteiger partial charge on any atom is -0.497 e. The Morgan fingerprint density at radius 2 is 1.55 bits per heavy atom. The molecule has 0 radical (unpaired) electrons. The highest BCUT2D eigenvalue weighted by Gasteiger charge is 2.16. The molecule has 0 unspecified atom stereocenters. The van der Waals surface area contributed by atoms with Crippen LogP contribution < -0.4 is 14.8 Å². The Balaban J connectivity index is 1.62. The minimum absolute atomic E-state index is 0.00137. The van der Waals surface area contributed by atoms with Crippen LogP contribution in [0.15, 0.2) is 83.8 Å². The van der Waals surface area contributed by atoms with Crippen molar-refractivity contribution < 1.29 is 22.7 Å². The van der Waals surface area contributed by atoms with E-state index in [0.717, 1.165) is 0 Å². The number of carbonyl (C=O) groups is 2. The highest BCUT2D eigenvalue weighted by atomic mass is 32.2. The number of anilines is 2. The Bertz CT molecular complexity index is 1160. The van der Waals surface area contributed by atoms with E-state index in [4.69, 9.17) is 4.74 Å². The SMILES string of the molecule is COc1ccc(NS(=O)(=O)c2cccc(NC(=O)CCC(=O)c3ccccc3)c2)cc1. The van der Waals surface area contributed by atoms with Crippen LogP contribution in [0, 0.1) is 0 Å². The largest absolute Gasteiger partial charge is 0.497 e. The Morgan fingerprint density at radius 1 is 0.839 bits per heavy atom. The van der Waals surface area contributed by atoms with Crippen molar-refractivity contribution >= 4 is 33.1 Å². The van der Waals surface area contributed by atoms with E-state index in [0.29, 0.717) is 22.7 Å². The maximum absolute atomic E-state index is 12.7. The smallest absolute Gasteiger partial charge is 0.261 e. The van der Waals surface area contributed by atoms with Gasteiger partial charge >= 0.3 is 0 Å². The number of Topliss-reactive ketones (excluding diaryl/α,β-unsaturated/α-hetero) is 1. The van der Waals surface area contributed by atoms with Crippen LogP contribution in [0.4, 0.5) is 11.4 Å². The molecule has 3 rings (SSSR count). The fourth-order valence-corrected chi connectivity index (χ4v) is 3.94. The average Bonchev–Trinajstić information content (AvgIpc) is 2.78. The van der Waals surface area contributed by atoms with Gasteiger partial charge in [-0.15, -0.1) is 0 Å². The van der Waals surface area contributed by atoms with Gasteiger partial charge in [0.05, 0.1) is 12.0 Å². The highest BCUT2D eigenvalue weighted by molar-refractivity contribution is 7.92. The number of nitrogens with one attached hydrogen (secondary N) is 2. The predicted molar refractivity (Wildman–Crippen MR) is 119 cm³/mol. The zero-order valence-electron chi connectivity index (χ0n) is 16.9. The second kappa shape index (κ2) is 9.90. The van der Waals surface area contributed by atoms with Crippen molar-refractivity contribution in [3.05, 3.63) is 84.4 Å². The summed E-state index contributed by atoms with van der Waals surface area (Å²) in [7, 11) is -2.32. The van der Waals surface area contributed by atoms with Gasteiger partial charge in [0.2, 0.25) is 5.91 Å². The van der Waals surface area contributed by atoms with Crippen molar-refractivity contribution in [1.82, 2.24) is 0 Å². The van der Waals surface area contributed by atoms with Crippen molar-refractivity contribution in [2.45, 2.75) is 17.7 Å². The predicted octanol–water partition coefficient (Wildman–Crippen LogP) is 4.10. The number of hydrogen-bond acceptors (Lipinski definition) is 5. The van der Waals surface area contributed by atoms with Crippen LogP contribution >= 0.6 is 0 Å². The summed E-state index contributed by atoms with van der Waals surface area (Å²) < 4.78 is 32.9. The van der Waals surface area contributed by atoms with E-state index in [1.165, 1.54) is 25.3 Å². The van der Waals surface area contributed by atoms with Gasteiger partial charge in [-0.1, -0.05) is 36.4 Å². The molecule has 8 heteroatoms. The number of ketones is 1. The normalized spacial score (nSPS) is 10.9. The number of benzene rings is 3. The van der Waals surface area contributed by atoms with E-state index in [9.17, 15) is 18.0 Å². The monoisotopic (exact) mass is 438 g/mol. The van der Waals surface area contributed by atoms with Gasteiger partial charge in [-0.25, -0.2) is 8.42 Å². The second-order valence-corrected chi connectivity index (χ2v) is 8.38. The van der Waals surface area contributed by atoms with Crippen LogP contribution in [0.2, 0.25) is 0 Å². The van der Waals surface area contributed by atoms with Gasteiger partial charge in [0.25, 0.3) is 10.0 Å². The molecule has 160 valence electrons. The van der Waals surface area contributed by atoms with Gasteiger partial charge in [-0.05, 0) is 42.5 Å². The van der Waals surface area contributed by atoms with Crippen LogP contribution in [-0.2, 0) is 14.8 Å². The molecule has 31 heavy (non-hydrogen) atoms. The fraction of sp³-hybridized carbons (Fsp3) is 0.130. The van der Waals surface area contributed by atoms with Crippen molar-refractivity contribution in [2.24, 2.45) is 0 Å². The molecule has 1 amide bonds. The van der Waals surface area contributed by atoms with E-state index in [-0.39, 0.29) is 29.4 Å². The first-order chi connectivity index (χ1) is 14.9. The van der Waals surface area contributed by atoms with Crippen molar-refractivity contribution in [3.8, 4) is 5.75 Å². The van der Waals surface area contributed by atoms with Crippen LogP contribution in [0.25, 0.3) is 0 Å². The molecule has 0 saturated carbocycles. The fourth-order valence-electron chi connectivity index (χ4n) is 2.83. The molecule has 0 heterocycles. The Morgan fingerprint density at radius 3 is 2.23 bits per heavy atom. The summed E-state index contributed by atoms with van der Waals surface area (Å²) in [6, 6.07) is 21.1. The number of amides is 1. The molecule has 2 N–H and O–H groups in total. The lowest BCUT2D eigenvalue weighted by Crippen LogP contribution is -2.15. The van der Waals surface area contributed by atoms with Gasteiger partial charge in [-0.3, -0.25) is 14.3 Å². The molecular formula is C23H22N2O5S. The Kier molecular flexibility index (Phi) is 7.04. The number of carbonyl (C=O) groups excluding carboxylic acids is 2. The lowest BCUT2D eigenvalue weighted by molar-refractivity contribution is -0.116. The summed E-state index contributed by atoms with van der Waals surface area (Å²) in [5, 5.41) is 2.64. The average molecular weight is 439 g/mol.